The molecule has 0 N–H and O–H groups in total. The van der Waals surface area contributed by atoms with Gasteiger partial charge in [-0.1, -0.05) is 45.8 Å². The van der Waals surface area contributed by atoms with Crippen LogP contribution in [0.5, 0.6) is 0 Å². The summed E-state index contributed by atoms with van der Waals surface area (Å²) in [5.41, 5.74) is 4.04. The van der Waals surface area contributed by atoms with Gasteiger partial charge in [-0.3, -0.25) is 0 Å². The number of halogens is 1. The lowest BCUT2D eigenvalue weighted by Gasteiger charge is -1.93. The van der Waals surface area contributed by atoms with Gasteiger partial charge < -0.3 is 4.42 Å². The zero-order valence-electron chi connectivity index (χ0n) is 10.4. The topological polar surface area (TPSA) is 26.0 Å². The molecule has 19 heavy (non-hydrogen) atoms. The standard InChI is InChI=1S/C16H12BrNO/c1-11-2-4-12(5-3-11)6-9-16-18-14-10-13(17)7-8-15(14)19-16/h2-10H,1H3. The number of aryl methyl sites for hydroxylation is 1. The lowest BCUT2D eigenvalue weighted by atomic mass is 10.1. The summed E-state index contributed by atoms with van der Waals surface area (Å²) >= 11 is 3.42. The third-order valence-electron chi connectivity index (χ3n) is 2.86. The van der Waals surface area contributed by atoms with E-state index in [2.05, 4.69) is 52.1 Å². The first-order valence-corrected chi connectivity index (χ1v) is 6.81. The Hall–Kier alpha value is -1.87. The maximum atomic E-state index is 5.65. The first-order chi connectivity index (χ1) is 9.20. The van der Waals surface area contributed by atoms with Crippen molar-refractivity contribution in [2.45, 2.75) is 6.92 Å². The minimum atomic E-state index is 0.619. The molecule has 3 heteroatoms. The fraction of sp³-hybridized carbons (Fsp3) is 0.0625. The molecule has 1 heterocycles. The highest BCUT2D eigenvalue weighted by Crippen LogP contribution is 2.21. The molecule has 0 unspecified atom stereocenters. The summed E-state index contributed by atoms with van der Waals surface area (Å²) in [5.74, 6) is 0.619. The van der Waals surface area contributed by atoms with Crippen LogP contribution in [0.15, 0.2) is 51.4 Å². The zero-order chi connectivity index (χ0) is 13.2. The summed E-state index contributed by atoms with van der Waals surface area (Å²) < 4.78 is 6.65. The molecule has 3 aromatic rings. The van der Waals surface area contributed by atoms with Gasteiger partial charge in [0.1, 0.15) is 5.52 Å². The predicted octanol–water partition coefficient (Wildman–Crippen LogP) is 5.07. The highest BCUT2D eigenvalue weighted by atomic mass is 79.9. The number of aromatic nitrogens is 1. The van der Waals surface area contributed by atoms with E-state index < -0.39 is 0 Å². The Labute approximate surface area is 119 Å². The predicted molar refractivity (Wildman–Crippen MR) is 81.8 cm³/mol. The second-order valence-corrected chi connectivity index (χ2v) is 5.32. The number of hydrogen-bond acceptors (Lipinski definition) is 2. The minimum Gasteiger partial charge on any atom is -0.437 e. The van der Waals surface area contributed by atoms with E-state index >= 15 is 0 Å². The number of hydrogen-bond donors (Lipinski definition) is 0. The van der Waals surface area contributed by atoms with E-state index in [9.17, 15) is 0 Å². The summed E-state index contributed by atoms with van der Waals surface area (Å²) in [4.78, 5) is 4.42. The molecule has 0 saturated carbocycles. The van der Waals surface area contributed by atoms with Crippen molar-refractivity contribution < 1.29 is 4.42 Å². The Morgan fingerprint density at radius 3 is 2.63 bits per heavy atom. The molecule has 0 aliphatic heterocycles. The average Bonchev–Trinajstić information content (AvgIpc) is 2.80. The third kappa shape index (κ3) is 2.76. The van der Waals surface area contributed by atoms with Crippen LogP contribution < -0.4 is 0 Å². The molecule has 0 spiro atoms. The SMILES string of the molecule is Cc1ccc(C=Cc2nc3cc(Br)ccc3o2)cc1. The molecule has 0 saturated heterocycles. The van der Waals surface area contributed by atoms with Crippen LogP contribution in [-0.2, 0) is 0 Å². The molecule has 94 valence electrons. The molecule has 0 aliphatic rings. The number of nitrogens with zero attached hydrogens (tertiary/aromatic N) is 1. The molecule has 2 aromatic carbocycles. The highest BCUT2D eigenvalue weighted by Gasteiger charge is 2.02. The summed E-state index contributed by atoms with van der Waals surface area (Å²) in [6.07, 6.45) is 3.89. The van der Waals surface area contributed by atoms with Gasteiger partial charge in [-0.25, -0.2) is 4.98 Å². The molecule has 0 atom stereocenters. The smallest absolute Gasteiger partial charge is 0.220 e. The molecular formula is C16H12BrNO. The Balaban J connectivity index is 1.90. The van der Waals surface area contributed by atoms with Gasteiger partial charge in [0.25, 0.3) is 0 Å². The molecule has 0 aliphatic carbocycles. The summed E-state index contributed by atoms with van der Waals surface area (Å²) in [7, 11) is 0. The van der Waals surface area contributed by atoms with E-state index in [1.54, 1.807) is 0 Å². The molecule has 0 fully saturated rings. The van der Waals surface area contributed by atoms with Gasteiger partial charge in [-0.2, -0.15) is 0 Å². The molecule has 0 bridgehead atoms. The maximum Gasteiger partial charge on any atom is 0.220 e. The van der Waals surface area contributed by atoms with Crippen molar-refractivity contribution >= 4 is 39.2 Å². The number of fused-ring (bicyclic) bond motifs is 1. The number of oxazole rings is 1. The second-order valence-electron chi connectivity index (χ2n) is 4.41. The number of rotatable bonds is 2. The Bertz CT molecular complexity index is 741. The van der Waals surface area contributed by atoms with Crippen LogP contribution in [-0.4, -0.2) is 4.98 Å². The molecule has 0 radical (unpaired) electrons. The van der Waals surface area contributed by atoms with Gasteiger partial charge in [-0.05, 0) is 36.8 Å². The lowest BCUT2D eigenvalue weighted by molar-refractivity contribution is 0.589. The lowest BCUT2D eigenvalue weighted by Crippen LogP contribution is -1.74. The van der Waals surface area contributed by atoms with Crippen molar-refractivity contribution in [3.63, 3.8) is 0 Å². The van der Waals surface area contributed by atoms with Gasteiger partial charge in [-0.15, -0.1) is 0 Å². The van der Waals surface area contributed by atoms with Crippen LogP contribution in [0.25, 0.3) is 23.3 Å². The molecular weight excluding hydrogens is 302 g/mol. The van der Waals surface area contributed by atoms with Crippen molar-refractivity contribution in [1.29, 1.82) is 0 Å². The van der Waals surface area contributed by atoms with E-state index in [4.69, 9.17) is 4.42 Å². The largest absolute Gasteiger partial charge is 0.437 e. The minimum absolute atomic E-state index is 0.619. The van der Waals surface area contributed by atoms with Crippen LogP contribution in [0.3, 0.4) is 0 Å². The second kappa shape index (κ2) is 5.02. The van der Waals surface area contributed by atoms with E-state index in [-0.39, 0.29) is 0 Å². The fourth-order valence-corrected chi connectivity index (χ4v) is 2.18. The summed E-state index contributed by atoms with van der Waals surface area (Å²) in [5, 5.41) is 0. The van der Waals surface area contributed by atoms with Crippen LogP contribution in [0.1, 0.15) is 17.0 Å². The molecule has 2 nitrogen and oxygen atoms in total. The van der Waals surface area contributed by atoms with E-state index in [0.717, 1.165) is 21.1 Å². The summed E-state index contributed by atoms with van der Waals surface area (Å²) in [6, 6.07) is 14.1. The van der Waals surface area contributed by atoms with Crippen molar-refractivity contribution in [3.8, 4) is 0 Å². The quantitative estimate of drug-likeness (QED) is 0.660. The Morgan fingerprint density at radius 2 is 1.84 bits per heavy atom. The Kier molecular flexibility index (Phi) is 3.22. The van der Waals surface area contributed by atoms with Crippen LogP contribution in [0, 0.1) is 6.92 Å². The highest BCUT2D eigenvalue weighted by molar-refractivity contribution is 9.10. The molecule has 1 aromatic heterocycles. The van der Waals surface area contributed by atoms with Gasteiger partial charge in [0, 0.05) is 10.5 Å². The van der Waals surface area contributed by atoms with E-state index in [1.165, 1.54) is 5.56 Å². The number of benzene rings is 2. The average molecular weight is 314 g/mol. The van der Waals surface area contributed by atoms with Crippen LogP contribution >= 0.6 is 15.9 Å². The normalized spacial score (nSPS) is 11.5. The van der Waals surface area contributed by atoms with Crippen molar-refractivity contribution in [1.82, 2.24) is 4.98 Å². The first kappa shape index (κ1) is 12.2. The van der Waals surface area contributed by atoms with Gasteiger partial charge >= 0.3 is 0 Å². The Morgan fingerprint density at radius 1 is 1.05 bits per heavy atom. The molecule has 3 rings (SSSR count). The van der Waals surface area contributed by atoms with Crippen molar-refractivity contribution in [3.05, 3.63) is 64.0 Å². The summed E-state index contributed by atoms with van der Waals surface area (Å²) in [6.45, 7) is 2.08. The van der Waals surface area contributed by atoms with Gasteiger partial charge in [0.05, 0.1) is 0 Å². The van der Waals surface area contributed by atoms with Crippen LogP contribution in [0.2, 0.25) is 0 Å². The van der Waals surface area contributed by atoms with Crippen LogP contribution in [0.4, 0.5) is 0 Å². The first-order valence-electron chi connectivity index (χ1n) is 6.01. The zero-order valence-corrected chi connectivity index (χ0v) is 12.0. The van der Waals surface area contributed by atoms with Gasteiger partial charge in [0.2, 0.25) is 5.89 Å². The van der Waals surface area contributed by atoms with Crippen molar-refractivity contribution in [2.24, 2.45) is 0 Å². The fourth-order valence-electron chi connectivity index (χ4n) is 1.83. The third-order valence-corrected chi connectivity index (χ3v) is 3.36. The van der Waals surface area contributed by atoms with E-state index in [0.29, 0.717) is 5.89 Å². The monoisotopic (exact) mass is 313 g/mol. The van der Waals surface area contributed by atoms with Crippen molar-refractivity contribution in [2.75, 3.05) is 0 Å². The molecule has 0 amide bonds. The van der Waals surface area contributed by atoms with Gasteiger partial charge in [0.15, 0.2) is 5.58 Å². The maximum absolute atomic E-state index is 5.65. The van der Waals surface area contributed by atoms with E-state index in [1.807, 2.05) is 30.4 Å².